The molecule has 0 saturated carbocycles. The van der Waals surface area contributed by atoms with Crippen molar-refractivity contribution in [1.29, 1.82) is 0 Å². The van der Waals surface area contributed by atoms with E-state index in [-0.39, 0.29) is 0 Å². The molecule has 3 rings (SSSR count). The molecular formula is C21H20O3. The van der Waals surface area contributed by atoms with Crippen molar-refractivity contribution in [3.63, 3.8) is 0 Å². The van der Waals surface area contributed by atoms with E-state index < -0.39 is 0 Å². The lowest BCUT2D eigenvalue weighted by Gasteiger charge is -2.12. The second kappa shape index (κ2) is 8.06. The van der Waals surface area contributed by atoms with Crippen LogP contribution < -0.4 is 14.2 Å². The van der Waals surface area contributed by atoms with Gasteiger partial charge in [0.2, 0.25) is 0 Å². The zero-order valence-electron chi connectivity index (χ0n) is 13.6. The summed E-state index contributed by atoms with van der Waals surface area (Å²) < 4.78 is 17.1. The van der Waals surface area contributed by atoms with Crippen LogP contribution in [0, 0.1) is 0 Å². The molecule has 0 aliphatic carbocycles. The average Bonchev–Trinajstić information content (AvgIpc) is 2.66. The van der Waals surface area contributed by atoms with Crippen molar-refractivity contribution in [2.75, 3.05) is 7.11 Å². The van der Waals surface area contributed by atoms with Gasteiger partial charge in [0.05, 0.1) is 7.11 Å². The van der Waals surface area contributed by atoms with Crippen LogP contribution in [-0.2, 0) is 13.2 Å². The van der Waals surface area contributed by atoms with Crippen LogP contribution in [0.2, 0.25) is 0 Å². The zero-order valence-corrected chi connectivity index (χ0v) is 13.6. The van der Waals surface area contributed by atoms with E-state index in [1.54, 1.807) is 7.11 Å². The quantitative estimate of drug-likeness (QED) is 0.622. The Kier molecular flexibility index (Phi) is 5.36. The molecule has 0 N–H and O–H groups in total. The lowest BCUT2D eigenvalue weighted by Crippen LogP contribution is -1.98. The topological polar surface area (TPSA) is 27.7 Å². The molecule has 0 aliphatic heterocycles. The van der Waals surface area contributed by atoms with Crippen molar-refractivity contribution in [1.82, 2.24) is 0 Å². The largest absolute Gasteiger partial charge is 0.496 e. The van der Waals surface area contributed by atoms with Crippen molar-refractivity contribution in [2.24, 2.45) is 0 Å². The van der Waals surface area contributed by atoms with Crippen LogP contribution >= 0.6 is 0 Å². The molecule has 0 saturated heterocycles. The fourth-order valence-corrected chi connectivity index (χ4v) is 2.31. The number of methoxy groups -OCH3 is 1. The zero-order chi connectivity index (χ0) is 16.6. The first-order chi connectivity index (χ1) is 11.8. The van der Waals surface area contributed by atoms with Gasteiger partial charge in [0.25, 0.3) is 0 Å². The van der Waals surface area contributed by atoms with Crippen LogP contribution in [-0.4, -0.2) is 7.11 Å². The first kappa shape index (κ1) is 15.9. The molecule has 0 heterocycles. The van der Waals surface area contributed by atoms with E-state index in [1.165, 1.54) is 0 Å². The molecule has 122 valence electrons. The van der Waals surface area contributed by atoms with E-state index >= 15 is 0 Å². The summed E-state index contributed by atoms with van der Waals surface area (Å²) in [4.78, 5) is 0. The lowest BCUT2D eigenvalue weighted by molar-refractivity contribution is 0.286. The third kappa shape index (κ3) is 4.53. The summed E-state index contributed by atoms with van der Waals surface area (Å²) in [7, 11) is 1.64. The summed E-state index contributed by atoms with van der Waals surface area (Å²) >= 11 is 0. The van der Waals surface area contributed by atoms with Gasteiger partial charge in [0.15, 0.2) is 0 Å². The molecule has 0 fully saturated rings. The van der Waals surface area contributed by atoms with E-state index in [0.29, 0.717) is 19.0 Å². The lowest BCUT2D eigenvalue weighted by atomic mass is 10.2. The van der Waals surface area contributed by atoms with E-state index in [4.69, 9.17) is 14.2 Å². The fourth-order valence-electron chi connectivity index (χ4n) is 2.31. The van der Waals surface area contributed by atoms with Gasteiger partial charge in [-0.25, -0.2) is 0 Å². The molecule has 0 amide bonds. The molecule has 3 nitrogen and oxygen atoms in total. The number of rotatable bonds is 7. The van der Waals surface area contributed by atoms with Crippen LogP contribution in [0.1, 0.15) is 11.1 Å². The Hall–Kier alpha value is -2.94. The molecule has 3 aromatic rings. The molecule has 0 aliphatic rings. The smallest absolute Gasteiger partial charge is 0.127 e. The maximum absolute atomic E-state index is 5.87. The second-order valence-corrected chi connectivity index (χ2v) is 5.39. The second-order valence-electron chi connectivity index (χ2n) is 5.39. The summed E-state index contributed by atoms with van der Waals surface area (Å²) in [6.45, 7) is 1.01. The highest BCUT2D eigenvalue weighted by molar-refractivity contribution is 5.42. The van der Waals surface area contributed by atoms with Gasteiger partial charge in [-0.2, -0.15) is 0 Å². The number of benzene rings is 3. The van der Waals surface area contributed by atoms with Crippen LogP contribution in [0.15, 0.2) is 78.9 Å². The average molecular weight is 320 g/mol. The highest BCUT2D eigenvalue weighted by atomic mass is 16.5. The predicted octanol–water partition coefficient (Wildman–Crippen LogP) is 4.85. The van der Waals surface area contributed by atoms with Crippen molar-refractivity contribution in [2.45, 2.75) is 13.2 Å². The summed E-state index contributed by atoms with van der Waals surface area (Å²) in [6.07, 6.45) is 0. The summed E-state index contributed by atoms with van der Waals surface area (Å²) in [5.74, 6) is 2.16. The normalized spacial score (nSPS) is 10.2. The number of hydrogen-bond acceptors (Lipinski definition) is 3. The van der Waals surface area contributed by atoms with Gasteiger partial charge in [-0.15, -0.1) is 0 Å². The van der Waals surface area contributed by atoms with Crippen molar-refractivity contribution in [3.8, 4) is 17.2 Å². The van der Waals surface area contributed by atoms with Crippen LogP contribution in [0.25, 0.3) is 0 Å². The molecule has 0 bridgehead atoms. The summed E-state index contributed by atoms with van der Waals surface area (Å²) in [5.41, 5.74) is 2.24. The fraction of sp³-hybridized carbons (Fsp3) is 0.143. The third-order valence-corrected chi connectivity index (χ3v) is 3.59. The Bertz CT molecular complexity index is 693. The number of hydrogen-bond donors (Lipinski definition) is 0. The first-order valence-corrected chi connectivity index (χ1v) is 7.86. The van der Waals surface area contributed by atoms with Gasteiger partial charge in [0.1, 0.15) is 30.5 Å². The Morgan fingerprint density at radius 1 is 0.583 bits per heavy atom. The van der Waals surface area contributed by atoms with Gasteiger partial charge in [-0.1, -0.05) is 60.7 Å². The minimum absolute atomic E-state index is 0.506. The molecule has 0 aromatic heterocycles. The number of ether oxygens (including phenoxy) is 3. The van der Waals surface area contributed by atoms with Crippen molar-refractivity contribution < 1.29 is 14.2 Å². The first-order valence-electron chi connectivity index (χ1n) is 7.86. The van der Waals surface area contributed by atoms with E-state index in [1.807, 2.05) is 78.9 Å². The minimum atomic E-state index is 0.506. The molecule has 3 heteroatoms. The molecule has 0 spiro atoms. The minimum Gasteiger partial charge on any atom is -0.496 e. The van der Waals surface area contributed by atoms with Gasteiger partial charge in [-0.3, -0.25) is 0 Å². The van der Waals surface area contributed by atoms with Crippen LogP contribution in [0.5, 0.6) is 17.2 Å². The highest BCUT2D eigenvalue weighted by Gasteiger charge is 2.05. The molecule has 0 atom stereocenters. The molecule has 0 radical (unpaired) electrons. The summed E-state index contributed by atoms with van der Waals surface area (Å²) in [5, 5.41) is 0. The van der Waals surface area contributed by atoms with E-state index in [0.717, 1.165) is 22.6 Å². The van der Waals surface area contributed by atoms with Gasteiger partial charge in [-0.05, 0) is 11.1 Å². The maximum Gasteiger partial charge on any atom is 0.127 e. The Labute approximate surface area is 142 Å². The van der Waals surface area contributed by atoms with Crippen molar-refractivity contribution in [3.05, 3.63) is 90.0 Å². The predicted molar refractivity (Wildman–Crippen MR) is 94.5 cm³/mol. The Morgan fingerprint density at radius 3 is 1.42 bits per heavy atom. The Balaban J connectivity index is 1.68. The summed E-state index contributed by atoms with van der Waals surface area (Å²) in [6, 6.07) is 25.7. The van der Waals surface area contributed by atoms with Gasteiger partial charge < -0.3 is 14.2 Å². The molecule has 24 heavy (non-hydrogen) atoms. The van der Waals surface area contributed by atoms with Gasteiger partial charge in [0, 0.05) is 18.2 Å². The van der Waals surface area contributed by atoms with Gasteiger partial charge >= 0.3 is 0 Å². The van der Waals surface area contributed by atoms with Crippen LogP contribution in [0.3, 0.4) is 0 Å². The molecular weight excluding hydrogens is 300 g/mol. The van der Waals surface area contributed by atoms with E-state index in [9.17, 15) is 0 Å². The SMILES string of the molecule is COc1cc(OCc2ccccc2)cc(OCc2ccccc2)c1. The third-order valence-electron chi connectivity index (χ3n) is 3.59. The monoisotopic (exact) mass is 320 g/mol. The van der Waals surface area contributed by atoms with E-state index in [2.05, 4.69) is 0 Å². The van der Waals surface area contributed by atoms with Crippen molar-refractivity contribution >= 4 is 0 Å². The van der Waals surface area contributed by atoms with Crippen LogP contribution in [0.4, 0.5) is 0 Å². The maximum atomic E-state index is 5.87. The molecule has 3 aromatic carbocycles. The Morgan fingerprint density at radius 2 is 1.00 bits per heavy atom. The highest BCUT2D eigenvalue weighted by Crippen LogP contribution is 2.28. The standard InChI is InChI=1S/C21H20O3/c1-22-19-12-20(23-15-17-8-4-2-5-9-17)14-21(13-19)24-16-18-10-6-3-7-11-18/h2-14H,15-16H2,1H3. The molecule has 0 unspecified atom stereocenters.